The van der Waals surface area contributed by atoms with E-state index in [0.29, 0.717) is 22.7 Å². The van der Waals surface area contributed by atoms with Gasteiger partial charge in [0.15, 0.2) is 0 Å². The van der Waals surface area contributed by atoms with Gasteiger partial charge in [-0.05, 0) is 84.8 Å². The van der Waals surface area contributed by atoms with Crippen molar-refractivity contribution in [2.45, 2.75) is 24.4 Å². The third kappa shape index (κ3) is 6.99. The van der Waals surface area contributed by atoms with E-state index >= 15 is 0 Å². The summed E-state index contributed by atoms with van der Waals surface area (Å²) in [5.41, 5.74) is 3.55. The molecular weight excluding hydrogens is 538 g/mol. The van der Waals surface area contributed by atoms with E-state index in [1.54, 1.807) is 60.5 Å². The fourth-order valence-corrected chi connectivity index (χ4v) is 5.61. The highest BCUT2D eigenvalue weighted by Gasteiger charge is 2.25. The number of methoxy groups -OCH3 is 2. The Morgan fingerprint density at radius 1 is 0.829 bits per heavy atom. The molecule has 0 aliphatic carbocycles. The van der Waals surface area contributed by atoms with Gasteiger partial charge in [-0.15, -0.1) is 0 Å². The van der Waals surface area contributed by atoms with E-state index in [9.17, 15) is 13.2 Å². The summed E-state index contributed by atoms with van der Waals surface area (Å²) in [5.74, 6) is 1.07. The Morgan fingerprint density at radius 2 is 1.41 bits per heavy atom. The van der Waals surface area contributed by atoms with Crippen molar-refractivity contribution in [2.24, 2.45) is 0 Å². The minimum absolute atomic E-state index is 0.116. The van der Waals surface area contributed by atoms with Crippen LogP contribution in [-0.4, -0.2) is 47.5 Å². The second kappa shape index (κ2) is 12.8. The molecule has 9 heteroatoms. The molecule has 1 amide bonds. The predicted octanol–water partition coefficient (Wildman–Crippen LogP) is 5.97. The van der Waals surface area contributed by atoms with Crippen LogP contribution in [0.4, 0.5) is 11.4 Å². The summed E-state index contributed by atoms with van der Waals surface area (Å²) >= 11 is 0. The molecule has 0 fully saturated rings. The standard InChI is InChI=1S/C32H35N3O5S/c1-23(24-9-7-6-8-10-24)35(32(36)25-11-14-28(39-4)15-12-25)22-26-21-27(13-20-31(26)34(2)3)33-41(37,38)30-18-16-29(40-5)17-19-30/h6-21,23,33H,22H2,1-5H3/t23-/m1/s1. The number of benzene rings is 4. The summed E-state index contributed by atoms with van der Waals surface area (Å²) < 4.78 is 39.4. The van der Waals surface area contributed by atoms with Crippen molar-refractivity contribution in [3.8, 4) is 11.5 Å². The smallest absolute Gasteiger partial charge is 0.261 e. The number of carbonyl (C=O) groups is 1. The summed E-state index contributed by atoms with van der Waals surface area (Å²) in [5, 5.41) is 0. The Labute approximate surface area is 242 Å². The molecule has 0 saturated carbocycles. The number of amides is 1. The highest BCUT2D eigenvalue weighted by molar-refractivity contribution is 7.92. The van der Waals surface area contributed by atoms with Crippen molar-refractivity contribution in [3.63, 3.8) is 0 Å². The minimum Gasteiger partial charge on any atom is -0.497 e. The fourth-order valence-electron chi connectivity index (χ4n) is 4.56. The first kappa shape index (κ1) is 29.5. The van der Waals surface area contributed by atoms with Crippen LogP contribution in [0.2, 0.25) is 0 Å². The normalized spacial score (nSPS) is 11.8. The average molecular weight is 574 g/mol. The van der Waals surface area contributed by atoms with Crippen LogP contribution in [0.15, 0.2) is 102 Å². The number of hydrogen-bond acceptors (Lipinski definition) is 6. The summed E-state index contributed by atoms with van der Waals surface area (Å²) in [6, 6.07) is 28.1. The summed E-state index contributed by atoms with van der Waals surface area (Å²) in [6.45, 7) is 2.23. The number of ether oxygens (including phenoxy) is 2. The average Bonchev–Trinajstić information content (AvgIpc) is 2.99. The molecule has 41 heavy (non-hydrogen) atoms. The largest absolute Gasteiger partial charge is 0.497 e. The van der Waals surface area contributed by atoms with Crippen LogP contribution >= 0.6 is 0 Å². The number of sulfonamides is 1. The van der Waals surface area contributed by atoms with Crippen molar-refractivity contribution in [1.82, 2.24) is 4.90 Å². The van der Waals surface area contributed by atoms with Gasteiger partial charge in [-0.2, -0.15) is 0 Å². The lowest BCUT2D eigenvalue weighted by molar-refractivity contribution is 0.0674. The van der Waals surface area contributed by atoms with E-state index in [1.807, 2.05) is 62.3 Å². The molecule has 0 aliphatic rings. The van der Waals surface area contributed by atoms with Gasteiger partial charge in [0, 0.05) is 37.6 Å². The highest BCUT2D eigenvalue weighted by Crippen LogP contribution is 2.31. The van der Waals surface area contributed by atoms with Crippen LogP contribution in [0.25, 0.3) is 0 Å². The van der Waals surface area contributed by atoms with Crippen molar-refractivity contribution >= 4 is 27.3 Å². The van der Waals surface area contributed by atoms with Gasteiger partial charge in [-0.25, -0.2) is 8.42 Å². The monoisotopic (exact) mass is 573 g/mol. The maximum Gasteiger partial charge on any atom is 0.261 e. The predicted molar refractivity (Wildman–Crippen MR) is 162 cm³/mol. The van der Waals surface area contributed by atoms with Gasteiger partial charge in [0.1, 0.15) is 11.5 Å². The number of rotatable bonds is 11. The van der Waals surface area contributed by atoms with E-state index in [4.69, 9.17) is 9.47 Å². The number of anilines is 2. The van der Waals surface area contributed by atoms with Crippen molar-refractivity contribution in [2.75, 3.05) is 37.9 Å². The summed E-state index contributed by atoms with van der Waals surface area (Å²) in [7, 11) is 3.08. The molecule has 0 radical (unpaired) electrons. The molecule has 0 spiro atoms. The topological polar surface area (TPSA) is 88.2 Å². The van der Waals surface area contributed by atoms with Crippen molar-refractivity contribution < 1.29 is 22.7 Å². The first-order valence-electron chi connectivity index (χ1n) is 13.1. The van der Waals surface area contributed by atoms with Gasteiger partial charge in [0.25, 0.3) is 15.9 Å². The Kier molecular flexibility index (Phi) is 9.19. The summed E-state index contributed by atoms with van der Waals surface area (Å²) in [4.78, 5) is 17.8. The first-order chi connectivity index (χ1) is 19.6. The van der Waals surface area contributed by atoms with Crippen LogP contribution in [-0.2, 0) is 16.6 Å². The molecule has 0 bridgehead atoms. The lowest BCUT2D eigenvalue weighted by Gasteiger charge is -2.32. The molecule has 4 rings (SSSR count). The molecule has 4 aromatic carbocycles. The molecule has 4 aromatic rings. The third-order valence-electron chi connectivity index (χ3n) is 6.87. The molecule has 214 valence electrons. The fraction of sp³-hybridized carbons (Fsp3) is 0.219. The van der Waals surface area contributed by atoms with Crippen LogP contribution in [0.1, 0.15) is 34.5 Å². The first-order valence-corrected chi connectivity index (χ1v) is 14.6. The lowest BCUT2D eigenvalue weighted by atomic mass is 10.0. The van der Waals surface area contributed by atoms with E-state index in [0.717, 1.165) is 16.8 Å². The van der Waals surface area contributed by atoms with Gasteiger partial charge in [-0.1, -0.05) is 30.3 Å². The molecule has 0 aliphatic heterocycles. The number of nitrogens with one attached hydrogen (secondary N) is 1. The van der Waals surface area contributed by atoms with Crippen LogP contribution in [0.3, 0.4) is 0 Å². The second-order valence-electron chi connectivity index (χ2n) is 9.77. The maximum absolute atomic E-state index is 13.9. The molecule has 0 aromatic heterocycles. The van der Waals surface area contributed by atoms with Crippen molar-refractivity contribution in [1.29, 1.82) is 0 Å². The minimum atomic E-state index is -3.85. The zero-order valence-electron chi connectivity index (χ0n) is 23.9. The second-order valence-corrected chi connectivity index (χ2v) is 11.4. The third-order valence-corrected chi connectivity index (χ3v) is 8.27. The van der Waals surface area contributed by atoms with Crippen LogP contribution < -0.4 is 19.1 Å². The lowest BCUT2D eigenvalue weighted by Crippen LogP contribution is -2.33. The van der Waals surface area contributed by atoms with E-state index in [-0.39, 0.29) is 23.4 Å². The molecule has 1 N–H and O–H groups in total. The van der Waals surface area contributed by atoms with Gasteiger partial charge in [0.2, 0.25) is 0 Å². The van der Waals surface area contributed by atoms with Crippen LogP contribution in [0.5, 0.6) is 11.5 Å². The molecular formula is C32H35N3O5S. The van der Waals surface area contributed by atoms with Gasteiger partial charge < -0.3 is 19.3 Å². The van der Waals surface area contributed by atoms with Gasteiger partial charge in [-0.3, -0.25) is 9.52 Å². The van der Waals surface area contributed by atoms with Gasteiger partial charge in [0.05, 0.1) is 25.2 Å². The number of nitrogens with zero attached hydrogens (tertiary/aromatic N) is 2. The number of hydrogen-bond donors (Lipinski definition) is 1. The van der Waals surface area contributed by atoms with Crippen LogP contribution in [0, 0.1) is 0 Å². The van der Waals surface area contributed by atoms with E-state index in [1.165, 1.54) is 19.2 Å². The van der Waals surface area contributed by atoms with Crippen molar-refractivity contribution in [3.05, 3.63) is 114 Å². The zero-order valence-corrected chi connectivity index (χ0v) is 24.7. The highest BCUT2D eigenvalue weighted by atomic mass is 32.2. The van der Waals surface area contributed by atoms with E-state index in [2.05, 4.69) is 4.72 Å². The Balaban J connectivity index is 1.71. The Morgan fingerprint density at radius 3 is 1.98 bits per heavy atom. The Bertz CT molecular complexity index is 1570. The molecule has 8 nitrogen and oxygen atoms in total. The summed E-state index contributed by atoms with van der Waals surface area (Å²) in [6.07, 6.45) is 0. The molecule has 0 unspecified atom stereocenters. The molecule has 0 heterocycles. The van der Waals surface area contributed by atoms with E-state index < -0.39 is 10.0 Å². The number of carbonyl (C=O) groups excluding carboxylic acids is 1. The Hall–Kier alpha value is -4.50. The maximum atomic E-state index is 13.9. The SMILES string of the molecule is COc1ccc(C(=O)N(Cc2cc(NS(=O)(=O)c3ccc(OC)cc3)ccc2N(C)C)[C@H](C)c2ccccc2)cc1. The quantitative estimate of drug-likeness (QED) is 0.238. The van der Waals surface area contributed by atoms with Gasteiger partial charge >= 0.3 is 0 Å². The zero-order chi connectivity index (χ0) is 29.6. The molecule has 1 atom stereocenters. The molecule has 0 saturated heterocycles.